The third-order valence-corrected chi connectivity index (χ3v) is 10.8. The lowest BCUT2D eigenvalue weighted by Gasteiger charge is -2.52. The van der Waals surface area contributed by atoms with E-state index in [1.807, 2.05) is 30.3 Å². The number of Topliss-reactive ketones (excluding diaryl/α,β-unsaturated/α-hetero) is 1. The molecule has 0 amide bonds. The first-order valence-electron chi connectivity index (χ1n) is 16.2. The number of ketones is 1. The molecule has 1 aromatic carbocycles. The largest absolute Gasteiger partial charge is 0.460 e. The van der Waals surface area contributed by atoms with Crippen LogP contribution in [-0.4, -0.2) is 52.8 Å². The standard InChI is InChI=1S/C35H43N7O4/c1-7-22(4)35(6)28(16-34(5,8-2)15-21(3)25-12-13-27(43)30(25)35)46-29(44)18-42-17-26(40-41-42)23-10-9-11-24(14-23)45-33-31-32(37-19-36-31)38-20-39-33/h8-11,14,17,19-22,25,28,30H,2,7,12-13,15-16,18H2,1,3-6H3,(H,36,37,38,39)/t21?,22?,25?,28?,30?,34-,35-/m0/s1. The second kappa shape index (κ2) is 12.4. The van der Waals surface area contributed by atoms with Gasteiger partial charge in [0, 0.05) is 23.3 Å². The molecular weight excluding hydrogens is 582 g/mol. The van der Waals surface area contributed by atoms with Gasteiger partial charge in [-0.1, -0.05) is 64.5 Å². The van der Waals surface area contributed by atoms with E-state index in [1.54, 1.807) is 6.20 Å². The smallest absolute Gasteiger partial charge is 0.328 e. The van der Waals surface area contributed by atoms with Crippen LogP contribution in [0.1, 0.15) is 66.7 Å². The van der Waals surface area contributed by atoms with Crippen LogP contribution in [0.25, 0.3) is 22.4 Å². The van der Waals surface area contributed by atoms with E-state index in [9.17, 15) is 9.59 Å². The van der Waals surface area contributed by atoms with Crippen molar-refractivity contribution in [3.63, 3.8) is 0 Å². The third-order valence-electron chi connectivity index (χ3n) is 10.8. The van der Waals surface area contributed by atoms with Crippen LogP contribution in [0.15, 0.2) is 55.8 Å². The average molecular weight is 626 g/mol. The summed E-state index contributed by atoms with van der Waals surface area (Å²) in [4.78, 5) is 42.6. The molecule has 1 N–H and O–H groups in total. The molecule has 2 aliphatic rings. The van der Waals surface area contributed by atoms with Crippen molar-refractivity contribution in [3.05, 3.63) is 55.8 Å². The fraction of sp³-hybridized carbons (Fsp3) is 0.514. The molecule has 0 aliphatic heterocycles. The van der Waals surface area contributed by atoms with Crippen molar-refractivity contribution in [2.75, 3.05) is 0 Å². The van der Waals surface area contributed by atoms with Crippen LogP contribution in [0.2, 0.25) is 0 Å². The van der Waals surface area contributed by atoms with Crippen LogP contribution in [0, 0.1) is 34.5 Å². The number of carbonyl (C=O) groups excluding carboxylic acids is 2. The molecule has 0 radical (unpaired) electrons. The second-order valence-electron chi connectivity index (χ2n) is 13.8. The van der Waals surface area contributed by atoms with Crippen LogP contribution in [0.3, 0.4) is 0 Å². The highest BCUT2D eigenvalue weighted by Crippen LogP contribution is 2.57. The zero-order valence-corrected chi connectivity index (χ0v) is 27.3. The number of nitrogens with zero attached hydrogens (tertiary/aromatic N) is 6. The minimum absolute atomic E-state index is 0.0989. The number of aromatic amines is 1. The lowest BCUT2D eigenvalue weighted by Crippen LogP contribution is -2.54. The highest BCUT2D eigenvalue weighted by molar-refractivity contribution is 5.84. The Labute approximate surface area is 269 Å². The van der Waals surface area contributed by atoms with Gasteiger partial charge in [-0.05, 0) is 54.6 Å². The van der Waals surface area contributed by atoms with Gasteiger partial charge >= 0.3 is 5.97 Å². The number of ether oxygens (including phenoxy) is 2. The Hall–Kier alpha value is -4.41. The molecule has 3 heterocycles. The SMILES string of the molecule is C=C[C@@]1(C)CC(C)C2CCC(=O)C2[C@@](C)(C(C)CC)C(OC(=O)Cn2cc(-c3cccc(Oc4ncnc5nc[nH]c45)c3)nn2)C1. The Morgan fingerprint density at radius 1 is 1.24 bits per heavy atom. The molecule has 2 saturated carbocycles. The molecule has 3 aromatic heterocycles. The lowest BCUT2D eigenvalue weighted by molar-refractivity contribution is -0.174. The molecule has 0 saturated heterocycles. The summed E-state index contributed by atoms with van der Waals surface area (Å²) in [5.74, 6) is 1.51. The Kier molecular flexibility index (Phi) is 8.52. The minimum Gasteiger partial charge on any atom is -0.460 e. The van der Waals surface area contributed by atoms with E-state index in [0.29, 0.717) is 53.0 Å². The number of hydrogen-bond donors (Lipinski definition) is 1. The van der Waals surface area contributed by atoms with Gasteiger partial charge in [-0.2, -0.15) is 4.98 Å². The summed E-state index contributed by atoms with van der Waals surface area (Å²) in [5, 5.41) is 8.56. The zero-order chi connectivity index (χ0) is 32.6. The summed E-state index contributed by atoms with van der Waals surface area (Å²) in [6.07, 6.45) is 10.1. The van der Waals surface area contributed by atoms with Gasteiger partial charge in [0.1, 0.15) is 41.7 Å². The molecule has 2 fully saturated rings. The van der Waals surface area contributed by atoms with E-state index in [1.165, 1.54) is 17.3 Å². The highest BCUT2D eigenvalue weighted by atomic mass is 16.5. The predicted molar refractivity (Wildman–Crippen MR) is 173 cm³/mol. The van der Waals surface area contributed by atoms with Gasteiger partial charge in [-0.15, -0.1) is 11.7 Å². The summed E-state index contributed by atoms with van der Waals surface area (Å²) in [5.41, 5.74) is 1.73. The Balaban J connectivity index is 1.21. The summed E-state index contributed by atoms with van der Waals surface area (Å²) in [7, 11) is 0. The van der Waals surface area contributed by atoms with Crippen LogP contribution in [0.4, 0.5) is 0 Å². The normalized spacial score (nSPS) is 28.7. The summed E-state index contributed by atoms with van der Waals surface area (Å²) >= 11 is 0. The van der Waals surface area contributed by atoms with E-state index < -0.39 is 17.5 Å². The molecule has 11 nitrogen and oxygen atoms in total. The number of imidazole rings is 1. The lowest BCUT2D eigenvalue weighted by atomic mass is 9.54. The highest BCUT2D eigenvalue weighted by Gasteiger charge is 2.58. The molecule has 0 bridgehead atoms. The van der Waals surface area contributed by atoms with E-state index in [0.717, 1.165) is 24.8 Å². The maximum atomic E-state index is 13.6. The Morgan fingerprint density at radius 3 is 2.85 bits per heavy atom. The van der Waals surface area contributed by atoms with Crippen LogP contribution in [0.5, 0.6) is 11.6 Å². The van der Waals surface area contributed by atoms with Crippen molar-refractivity contribution >= 4 is 22.9 Å². The summed E-state index contributed by atoms with van der Waals surface area (Å²) in [6.45, 7) is 15.1. The van der Waals surface area contributed by atoms with Crippen molar-refractivity contribution in [3.8, 4) is 22.9 Å². The van der Waals surface area contributed by atoms with Crippen molar-refractivity contribution in [2.24, 2.45) is 34.5 Å². The van der Waals surface area contributed by atoms with Crippen molar-refractivity contribution < 1.29 is 19.1 Å². The van der Waals surface area contributed by atoms with Gasteiger partial charge in [0.2, 0.25) is 5.88 Å². The number of H-pyrrole nitrogens is 1. The number of benzene rings is 1. The zero-order valence-electron chi connectivity index (χ0n) is 27.3. The number of carbonyl (C=O) groups is 2. The Morgan fingerprint density at radius 2 is 2.07 bits per heavy atom. The molecule has 4 aromatic rings. The fourth-order valence-electron chi connectivity index (χ4n) is 7.99. The third kappa shape index (κ3) is 5.83. The molecular formula is C35H43N7O4. The number of nitrogens with one attached hydrogen (secondary N) is 1. The molecule has 2 aliphatic carbocycles. The van der Waals surface area contributed by atoms with Gasteiger partial charge in [0.15, 0.2) is 5.65 Å². The molecule has 6 rings (SSSR count). The van der Waals surface area contributed by atoms with E-state index in [-0.39, 0.29) is 29.7 Å². The number of esters is 1. The van der Waals surface area contributed by atoms with Gasteiger partial charge in [0.05, 0.1) is 12.5 Å². The summed E-state index contributed by atoms with van der Waals surface area (Å²) < 4.78 is 13.9. The molecule has 46 heavy (non-hydrogen) atoms. The van der Waals surface area contributed by atoms with Crippen LogP contribution in [-0.2, 0) is 20.9 Å². The topological polar surface area (TPSA) is 138 Å². The van der Waals surface area contributed by atoms with Crippen LogP contribution < -0.4 is 4.74 Å². The average Bonchev–Trinajstić information content (AvgIpc) is 3.80. The fourth-order valence-corrected chi connectivity index (χ4v) is 7.99. The van der Waals surface area contributed by atoms with Crippen molar-refractivity contribution in [1.29, 1.82) is 0 Å². The van der Waals surface area contributed by atoms with Crippen molar-refractivity contribution in [2.45, 2.75) is 79.4 Å². The van der Waals surface area contributed by atoms with Gasteiger partial charge in [0.25, 0.3) is 0 Å². The van der Waals surface area contributed by atoms with Gasteiger partial charge < -0.3 is 14.5 Å². The molecule has 11 heteroatoms. The molecule has 7 atom stereocenters. The number of rotatable bonds is 9. The number of fused-ring (bicyclic) bond motifs is 2. The van der Waals surface area contributed by atoms with Gasteiger partial charge in [-0.25, -0.2) is 14.6 Å². The monoisotopic (exact) mass is 625 g/mol. The Bertz CT molecular complexity index is 1750. The first-order chi connectivity index (χ1) is 22.0. The molecule has 5 unspecified atom stereocenters. The quantitative estimate of drug-likeness (QED) is 0.161. The summed E-state index contributed by atoms with van der Waals surface area (Å²) in [6, 6.07) is 7.39. The van der Waals surface area contributed by atoms with E-state index >= 15 is 0 Å². The van der Waals surface area contributed by atoms with Crippen molar-refractivity contribution in [1.82, 2.24) is 34.9 Å². The maximum absolute atomic E-state index is 13.6. The minimum atomic E-state index is -0.499. The maximum Gasteiger partial charge on any atom is 0.328 e. The first-order valence-corrected chi connectivity index (χ1v) is 16.2. The first kappa shape index (κ1) is 31.6. The number of hydrogen-bond acceptors (Lipinski definition) is 9. The predicted octanol–water partition coefficient (Wildman–Crippen LogP) is 6.59. The van der Waals surface area contributed by atoms with Gasteiger partial charge in [-0.3, -0.25) is 9.59 Å². The van der Waals surface area contributed by atoms with Crippen LogP contribution >= 0.6 is 0 Å². The molecule has 0 spiro atoms. The number of allylic oxidation sites excluding steroid dienone is 1. The van der Waals surface area contributed by atoms with E-state index in [4.69, 9.17) is 9.47 Å². The van der Waals surface area contributed by atoms with E-state index in [2.05, 4.69) is 71.4 Å². The number of aromatic nitrogens is 7. The second-order valence-corrected chi connectivity index (χ2v) is 13.8. The molecule has 242 valence electrons.